The van der Waals surface area contributed by atoms with E-state index in [-0.39, 0.29) is 12.5 Å². The van der Waals surface area contributed by atoms with Crippen LogP contribution >= 0.6 is 0 Å². The van der Waals surface area contributed by atoms with E-state index in [1.807, 2.05) is 26.0 Å². The fourth-order valence-corrected chi connectivity index (χ4v) is 2.14. The van der Waals surface area contributed by atoms with Crippen LogP contribution in [0.1, 0.15) is 21.5 Å². The highest BCUT2D eigenvalue weighted by atomic mass is 16.5. The van der Waals surface area contributed by atoms with Crippen LogP contribution in [0, 0.1) is 13.8 Å². The quantitative estimate of drug-likeness (QED) is 0.825. The molecule has 6 heteroatoms. The average Bonchev–Trinajstić information content (AvgIpc) is 2.58. The third-order valence-corrected chi connectivity index (χ3v) is 3.35. The van der Waals surface area contributed by atoms with Crippen molar-refractivity contribution in [1.29, 1.82) is 0 Å². The van der Waals surface area contributed by atoms with Crippen molar-refractivity contribution in [2.24, 2.45) is 0 Å². The van der Waals surface area contributed by atoms with E-state index in [9.17, 15) is 9.59 Å². The Balaban J connectivity index is 1.83. The Bertz CT molecular complexity index is 744. The zero-order valence-electron chi connectivity index (χ0n) is 13.9. The highest BCUT2D eigenvalue weighted by molar-refractivity contribution is 5.96. The van der Waals surface area contributed by atoms with Crippen molar-refractivity contribution in [1.82, 2.24) is 10.9 Å². The fraction of sp³-hybridized carbons (Fsp3) is 0.222. The lowest BCUT2D eigenvalue weighted by Crippen LogP contribution is -2.44. The molecule has 2 rings (SSSR count). The number of carbonyl (C=O) groups is 2. The van der Waals surface area contributed by atoms with E-state index >= 15 is 0 Å². The largest absolute Gasteiger partial charge is 0.497 e. The molecule has 2 aromatic rings. The zero-order valence-corrected chi connectivity index (χ0v) is 13.9. The van der Waals surface area contributed by atoms with Crippen LogP contribution in [0.4, 0.5) is 0 Å². The molecule has 0 unspecified atom stereocenters. The van der Waals surface area contributed by atoms with E-state index in [1.54, 1.807) is 37.4 Å². The summed E-state index contributed by atoms with van der Waals surface area (Å²) in [5.74, 6) is 0.305. The molecule has 0 heterocycles. The molecular formula is C18H20N2O4. The van der Waals surface area contributed by atoms with E-state index < -0.39 is 5.91 Å². The Morgan fingerprint density at radius 3 is 2.46 bits per heavy atom. The Morgan fingerprint density at radius 1 is 1.00 bits per heavy atom. The van der Waals surface area contributed by atoms with Gasteiger partial charge in [0.2, 0.25) is 0 Å². The molecule has 0 spiro atoms. The third kappa shape index (κ3) is 4.74. The number of hydrazine groups is 1. The summed E-state index contributed by atoms with van der Waals surface area (Å²) in [6.45, 7) is 3.57. The lowest BCUT2D eigenvalue weighted by molar-refractivity contribution is -0.123. The minimum atomic E-state index is -0.462. The minimum Gasteiger partial charge on any atom is -0.497 e. The van der Waals surface area contributed by atoms with E-state index in [0.29, 0.717) is 17.1 Å². The molecule has 2 amide bonds. The molecule has 0 saturated heterocycles. The number of rotatable bonds is 5. The van der Waals surface area contributed by atoms with E-state index in [4.69, 9.17) is 9.47 Å². The van der Waals surface area contributed by atoms with Crippen LogP contribution in [0.15, 0.2) is 42.5 Å². The second kappa shape index (κ2) is 8.01. The number of benzene rings is 2. The van der Waals surface area contributed by atoms with E-state index in [0.717, 1.165) is 11.1 Å². The number of aryl methyl sites for hydroxylation is 2. The minimum absolute atomic E-state index is 0.222. The lowest BCUT2D eigenvalue weighted by Gasteiger charge is -2.11. The Hall–Kier alpha value is -3.02. The molecule has 0 atom stereocenters. The van der Waals surface area contributed by atoms with Gasteiger partial charge in [0, 0.05) is 11.6 Å². The van der Waals surface area contributed by atoms with Crippen molar-refractivity contribution in [3.63, 3.8) is 0 Å². The lowest BCUT2D eigenvalue weighted by atomic mass is 10.1. The van der Waals surface area contributed by atoms with Crippen LogP contribution in [0.3, 0.4) is 0 Å². The van der Waals surface area contributed by atoms with E-state index in [1.165, 1.54) is 0 Å². The van der Waals surface area contributed by atoms with Crippen molar-refractivity contribution in [3.8, 4) is 11.5 Å². The predicted molar refractivity (Wildman–Crippen MR) is 90.0 cm³/mol. The van der Waals surface area contributed by atoms with Gasteiger partial charge in [-0.3, -0.25) is 20.4 Å². The summed E-state index contributed by atoms with van der Waals surface area (Å²) in [5.41, 5.74) is 7.12. The number of hydrogen-bond acceptors (Lipinski definition) is 4. The van der Waals surface area contributed by atoms with Crippen molar-refractivity contribution >= 4 is 11.8 Å². The number of ether oxygens (including phenoxy) is 2. The first-order valence-corrected chi connectivity index (χ1v) is 7.43. The SMILES string of the molecule is COc1cccc(OCC(=O)NNC(=O)c2ccc(C)cc2C)c1. The standard InChI is InChI=1S/C18H20N2O4/c1-12-7-8-16(13(2)9-12)18(22)20-19-17(21)11-24-15-6-4-5-14(10-15)23-3/h4-10H,11H2,1-3H3,(H,19,21)(H,20,22). The van der Waals surface area contributed by atoms with Crippen LogP contribution in [0.5, 0.6) is 11.5 Å². The molecule has 24 heavy (non-hydrogen) atoms. The van der Waals surface area contributed by atoms with Gasteiger partial charge in [-0.05, 0) is 37.6 Å². The van der Waals surface area contributed by atoms with Crippen LogP contribution < -0.4 is 20.3 Å². The van der Waals surface area contributed by atoms with Crippen LogP contribution in [0.25, 0.3) is 0 Å². The molecule has 2 N–H and O–H groups in total. The summed E-state index contributed by atoms with van der Waals surface area (Å²) < 4.78 is 10.4. The molecule has 0 radical (unpaired) electrons. The van der Waals surface area contributed by atoms with Gasteiger partial charge in [0.1, 0.15) is 11.5 Å². The predicted octanol–water partition coefficient (Wildman–Crippen LogP) is 2.15. The van der Waals surface area contributed by atoms with Crippen molar-refractivity contribution in [3.05, 3.63) is 59.2 Å². The summed E-state index contributed by atoms with van der Waals surface area (Å²) in [5, 5.41) is 0. The smallest absolute Gasteiger partial charge is 0.276 e. The Kier molecular flexibility index (Phi) is 5.78. The van der Waals surface area contributed by atoms with Gasteiger partial charge in [-0.2, -0.15) is 0 Å². The molecule has 126 valence electrons. The van der Waals surface area contributed by atoms with Gasteiger partial charge in [-0.15, -0.1) is 0 Å². The Labute approximate surface area is 140 Å². The molecule has 6 nitrogen and oxygen atoms in total. The molecule has 0 fully saturated rings. The van der Waals surface area contributed by atoms with Crippen LogP contribution in [0.2, 0.25) is 0 Å². The summed E-state index contributed by atoms with van der Waals surface area (Å²) in [6, 6.07) is 12.4. The summed E-state index contributed by atoms with van der Waals surface area (Å²) in [6.07, 6.45) is 0. The maximum Gasteiger partial charge on any atom is 0.276 e. The summed E-state index contributed by atoms with van der Waals surface area (Å²) in [7, 11) is 1.55. The Morgan fingerprint density at radius 2 is 1.75 bits per heavy atom. The second-order valence-corrected chi connectivity index (χ2v) is 5.29. The fourth-order valence-electron chi connectivity index (χ4n) is 2.14. The van der Waals surface area contributed by atoms with E-state index in [2.05, 4.69) is 10.9 Å². The first kappa shape index (κ1) is 17.3. The van der Waals surface area contributed by atoms with Gasteiger partial charge >= 0.3 is 0 Å². The summed E-state index contributed by atoms with van der Waals surface area (Å²) >= 11 is 0. The van der Waals surface area contributed by atoms with Gasteiger partial charge in [-0.25, -0.2) is 0 Å². The van der Waals surface area contributed by atoms with Crippen molar-refractivity contribution in [2.45, 2.75) is 13.8 Å². The van der Waals surface area contributed by atoms with Gasteiger partial charge in [0.25, 0.3) is 11.8 Å². The van der Waals surface area contributed by atoms with Gasteiger partial charge in [-0.1, -0.05) is 23.8 Å². The first-order chi connectivity index (χ1) is 11.5. The second-order valence-electron chi connectivity index (χ2n) is 5.29. The molecule has 0 aromatic heterocycles. The molecule has 0 bridgehead atoms. The molecule has 0 saturated carbocycles. The summed E-state index contributed by atoms with van der Waals surface area (Å²) in [4.78, 5) is 23.8. The number of nitrogens with one attached hydrogen (secondary N) is 2. The van der Waals surface area contributed by atoms with Gasteiger partial charge in [0.15, 0.2) is 6.61 Å². The first-order valence-electron chi connectivity index (χ1n) is 7.43. The van der Waals surface area contributed by atoms with Gasteiger partial charge in [0.05, 0.1) is 7.11 Å². The maximum absolute atomic E-state index is 12.1. The van der Waals surface area contributed by atoms with Crippen molar-refractivity contribution in [2.75, 3.05) is 13.7 Å². The number of amides is 2. The van der Waals surface area contributed by atoms with Gasteiger partial charge < -0.3 is 9.47 Å². The molecule has 2 aromatic carbocycles. The van der Waals surface area contributed by atoms with Crippen molar-refractivity contribution < 1.29 is 19.1 Å². The third-order valence-electron chi connectivity index (χ3n) is 3.35. The normalized spacial score (nSPS) is 9.96. The highest BCUT2D eigenvalue weighted by Gasteiger charge is 2.10. The monoisotopic (exact) mass is 328 g/mol. The zero-order chi connectivity index (χ0) is 17.5. The molecule has 0 aliphatic rings. The number of hydrogen-bond donors (Lipinski definition) is 2. The highest BCUT2D eigenvalue weighted by Crippen LogP contribution is 2.18. The number of carbonyl (C=O) groups excluding carboxylic acids is 2. The number of methoxy groups -OCH3 is 1. The topological polar surface area (TPSA) is 76.7 Å². The van der Waals surface area contributed by atoms with Crippen LogP contribution in [-0.2, 0) is 4.79 Å². The van der Waals surface area contributed by atoms with Crippen LogP contribution in [-0.4, -0.2) is 25.5 Å². The molecule has 0 aliphatic heterocycles. The molecule has 0 aliphatic carbocycles. The molecular weight excluding hydrogens is 308 g/mol. The maximum atomic E-state index is 12.1. The average molecular weight is 328 g/mol.